The lowest BCUT2D eigenvalue weighted by molar-refractivity contribution is 0.0487. The Kier molecular flexibility index (Phi) is 12.3. The summed E-state index contributed by atoms with van der Waals surface area (Å²) in [5.74, 6) is 1.66. The van der Waals surface area contributed by atoms with Crippen molar-refractivity contribution in [2.75, 3.05) is 40.0 Å². The number of hydrogen-bond donors (Lipinski definition) is 2. The topological polar surface area (TPSA) is 64.1 Å². The molecular formula is C21H37N3O3. The molecule has 1 rings (SSSR count). The minimum atomic E-state index is 0.145. The third kappa shape index (κ3) is 10.8. The van der Waals surface area contributed by atoms with E-state index in [0.717, 1.165) is 36.7 Å². The molecule has 2 N–H and O–H groups in total. The Bertz CT molecular complexity index is 547. The highest BCUT2D eigenvalue weighted by Crippen LogP contribution is 2.21. The van der Waals surface area contributed by atoms with E-state index < -0.39 is 0 Å². The fraction of sp³-hybridized carbons (Fsp3) is 0.667. The van der Waals surface area contributed by atoms with Gasteiger partial charge in [0.05, 0.1) is 25.9 Å². The van der Waals surface area contributed by atoms with Crippen LogP contribution in [-0.4, -0.2) is 52.1 Å². The molecule has 0 aromatic heterocycles. The number of unbranched alkanes of at least 4 members (excludes halogenated alkanes) is 1. The van der Waals surface area contributed by atoms with Gasteiger partial charge in [0.25, 0.3) is 0 Å². The molecule has 0 aliphatic carbocycles. The van der Waals surface area contributed by atoms with Crippen molar-refractivity contribution in [3.8, 4) is 5.75 Å². The van der Waals surface area contributed by atoms with E-state index in [1.807, 2.05) is 13.8 Å². The highest BCUT2D eigenvalue weighted by molar-refractivity contribution is 5.79. The molecule has 0 atom stereocenters. The van der Waals surface area contributed by atoms with Gasteiger partial charge in [-0.15, -0.1) is 0 Å². The van der Waals surface area contributed by atoms with Crippen LogP contribution in [0.3, 0.4) is 0 Å². The number of hydrogen-bond acceptors (Lipinski definition) is 4. The molecule has 0 heterocycles. The van der Waals surface area contributed by atoms with E-state index in [-0.39, 0.29) is 6.10 Å². The van der Waals surface area contributed by atoms with Gasteiger partial charge in [0.2, 0.25) is 0 Å². The molecule has 1 aromatic rings. The van der Waals surface area contributed by atoms with Crippen molar-refractivity contribution in [2.45, 2.75) is 53.2 Å². The van der Waals surface area contributed by atoms with Crippen molar-refractivity contribution >= 4 is 5.96 Å². The quantitative estimate of drug-likeness (QED) is 0.313. The van der Waals surface area contributed by atoms with E-state index in [0.29, 0.717) is 32.9 Å². The van der Waals surface area contributed by atoms with Gasteiger partial charge in [-0.2, -0.15) is 0 Å². The third-order valence-corrected chi connectivity index (χ3v) is 3.81. The summed E-state index contributed by atoms with van der Waals surface area (Å²) in [6.45, 7) is 12.3. The first kappa shape index (κ1) is 23.2. The van der Waals surface area contributed by atoms with Crippen LogP contribution in [0.1, 0.15) is 44.7 Å². The first-order valence-corrected chi connectivity index (χ1v) is 9.93. The maximum Gasteiger partial charge on any atom is 0.191 e. The number of aryl methyl sites for hydroxylation is 1. The van der Waals surface area contributed by atoms with E-state index in [1.165, 1.54) is 5.56 Å². The Hall–Kier alpha value is -1.79. The summed E-state index contributed by atoms with van der Waals surface area (Å²) in [5, 5.41) is 6.58. The van der Waals surface area contributed by atoms with Gasteiger partial charge in [-0.25, -0.2) is 0 Å². The molecule has 0 saturated heterocycles. The smallest absolute Gasteiger partial charge is 0.191 e. The van der Waals surface area contributed by atoms with Crippen molar-refractivity contribution in [2.24, 2.45) is 4.99 Å². The predicted molar refractivity (Wildman–Crippen MR) is 112 cm³/mol. The molecule has 154 valence electrons. The molecule has 0 spiro atoms. The van der Waals surface area contributed by atoms with Gasteiger partial charge < -0.3 is 24.8 Å². The molecule has 0 saturated carbocycles. The van der Waals surface area contributed by atoms with Crippen LogP contribution in [0.2, 0.25) is 0 Å². The number of nitrogens with one attached hydrogen (secondary N) is 2. The van der Waals surface area contributed by atoms with Gasteiger partial charge in [-0.3, -0.25) is 4.99 Å². The Morgan fingerprint density at radius 1 is 1.07 bits per heavy atom. The molecule has 6 heteroatoms. The second kappa shape index (κ2) is 14.3. The lowest BCUT2D eigenvalue weighted by atomic mass is 10.1. The Balaban J connectivity index is 2.29. The number of rotatable bonds is 13. The van der Waals surface area contributed by atoms with Gasteiger partial charge in [-0.05, 0) is 38.8 Å². The van der Waals surface area contributed by atoms with Crippen LogP contribution < -0.4 is 15.4 Å². The molecule has 0 fully saturated rings. The van der Waals surface area contributed by atoms with Crippen molar-refractivity contribution in [3.63, 3.8) is 0 Å². The van der Waals surface area contributed by atoms with Crippen LogP contribution >= 0.6 is 0 Å². The fourth-order valence-electron chi connectivity index (χ4n) is 2.38. The lowest BCUT2D eigenvalue weighted by Gasteiger charge is -2.17. The summed E-state index contributed by atoms with van der Waals surface area (Å²) in [7, 11) is 1.76. The third-order valence-electron chi connectivity index (χ3n) is 3.81. The zero-order valence-electron chi connectivity index (χ0n) is 17.6. The summed E-state index contributed by atoms with van der Waals surface area (Å²) in [4.78, 5) is 4.25. The van der Waals surface area contributed by atoms with Gasteiger partial charge in [0, 0.05) is 32.3 Å². The number of guanidine groups is 1. The summed E-state index contributed by atoms with van der Waals surface area (Å²) in [5.41, 5.74) is 2.30. The number of nitrogens with zero attached hydrogens (tertiary/aromatic N) is 1. The monoisotopic (exact) mass is 379 g/mol. The van der Waals surface area contributed by atoms with E-state index in [9.17, 15) is 0 Å². The summed E-state index contributed by atoms with van der Waals surface area (Å²) in [6, 6.07) is 6.26. The standard InChI is InChI=1S/C21H37N3O3/c1-6-7-11-25-13-14-26-12-10-23-21(22-5)24-16-19-9-8-18(4)15-20(19)27-17(2)3/h8-9,15,17H,6-7,10-14,16H2,1-5H3,(H2,22,23,24). The van der Waals surface area contributed by atoms with Crippen LogP contribution in [0.25, 0.3) is 0 Å². The molecule has 0 unspecified atom stereocenters. The molecule has 1 aromatic carbocycles. The molecule has 27 heavy (non-hydrogen) atoms. The number of aliphatic imine (C=N–C) groups is 1. The Labute approximate surface area is 164 Å². The SMILES string of the molecule is CCCCOCCOCCNC(=NC)NCc1ccc(C)cc1OC(C)C. The normalized spacial score (nSPS) is 11.7. The zero-order valence-corrected chi connectivity index (χ0v) is 17.6. The van der Waals surface area contributed by atoms with Crippen LogP contribution in [0, 0.1) is 6.92 Å². The molecule has 6 nitrogen and oxygen atoms in total. The van der Waals surface area contributed by atoms with E-state index in [2.05, 4.69) is 47.7 Å². The van der Waals surface area contributed by atoms with E-state index in [1.54, 1.807) is 7.05 Å². The van der Waals surface area contributed by atoms with Crippen molar-refractivity contribution in [1.29, 1.82) is 0 Å². The Morgan fingerprint density at radius 3 is 2.48 bits per heavy atom. The molecular weight excluding hydrogens is 342 g/mol. The number of benzene rings is 1. The van der Waals surface area contributed by atoms with E-state index >= 15 is 0 Å². The lowest BCUT2D eigenvalue weighted by Crippen LogP contribution is -2.38. The average molecular weight is 380 g/mol. The largest absolute Gasteiger partial charge is 0.491 e. The van der Waals surface area contributed by atoms with Gasteiger partial charge in [0.15, 0.2) is 5.96 Å². The van der Waals surface area contributed by atoms with Crippen LogP contribution in [0.15, 0.2) is 23.2 Å². The molecule has 0 bridgehead atoms. The molecule has 0 radical (unpaired) electrons. The van der Waals surface area contributed by atoms with Crippen LogP contribution in [0.5, 0.6) is 5.75 Å². The highest BCUT2D eigenvalue weighted by Gasteiger charge is 2.07. The van der Waals surface area contributed by atoms with Crippen molar-refractivity contribution in [1.82, 2.24) is 10.6 Å². The summed E-state index contributed by atoms with van der Waals surface area (Å²) >= 11 is 0. The van der Waals surface area contributed by atoms with Gasteiger partial charge >= 0.3 is 0 Å². The van der Waals surface area contributed by atoms with Crippen molar-refractivity contribution in [3.05, 3.63) is 29.3 Å². The molecule has 0 amide bonds. The number of ether oxygens (including phenoxy) is 3. The van der Waals surface area contributed by atoms with Crippen LogP contribution in [0.4, 0.5) is 0 Å². The summed E-state index contributed by atoms with van der Waals surface area (Å²) in [6.07, 6.45) is 2.41. The zero-order chi connectivity index (χ0) is 19.9. The maximum absolute atomic E-state index is 5.92. The maximum atomic E-state index is 5.92. The van der Waals surface area contributed by atoms with Crippen molar-refractivity contribution < 1.29 is 14.2 Å². The average Bonchev–Trinajstić information content (AvgIpc) is 2.63. The van der Waals surface area contributed by atoms with Gasteiger partial charge in [0.1, 0.15) is 5.75 Å². The van der Waals surface area contributed by atoms with Crippen LogP contribution in [-0.2, 0) is 16.0 Å². The molecule has 0 aliphatic rings. The highest BCUT2D eigenvalue weighted by atomic mass is 16.5. The second-order valence-electron chi connectivity index (χ2n) is 6.71. The second-order valence-corrected chi connectivity index (χ2v) is 6.71. The summed E-state index contributed by atoms with van der Waals surface area (Å²) < 4.78 is 16.9. The Morgan fingerprint density at radius 2 is 1.81 bits per heavy atom. The first-order chi connectivity index (χ1) is 13.1. The minimum Gasteiger partial charge on any atom is -0.491 e. The first-order valence-electron chi connectivity index (χ1n) is 9.93. The molecule has 0 aliphatic heterocycles. The van der Waals surface area contributed by atoms with Gasteiger partial charge in [-0.1, -0.05) is 25.5 Å². The van der Waals surface area contributed by atoms with E-state index in [4.69, 9.17) is 14.2 Å². The fourth-order valence-corrected chi connectivity index (χ4v) is 2.38. The minimum absolute atomic E-state index is 0.145. The predicted octanol–water partition coefficient (Wildman–Crippen LogP) is 3.28.